The molecule has 0 aromatic heterocycles. The second-order valence-corrected chi connectivity index (χ2v) is 5.24. The van der Waals surface area contributed by atoms with E-state index in [2.05, 4.69) is 5.32 Å². The third-order valence-corrected chi connectivity index (χ3v) is 3.41. The highest BCUT2D eigenvalue weighted by Gasteiger charge is 2.19. The van der Waals surface area contributed by atoms with E-state index < -0.39 is 47.3 Å². The second kappa shape index (κ2) is 7.78. The third kappa shape index (κ3) is 4.56. The first kappa shape index (κ1) is 18.4. The molecule has 0 unspecified atom stereocenters. The first-order chi connectivity index (χ1) is 11.8. The van der Waals surface area contributed by atoms with Gasteiger partial charge in [-0.15, -0.1) is 0 Å². The van der Waals surface area contributed by atoms with E-state index in [0.717, 1.165) is 11.0 Å². The molecule has 2 aromatic carbocycles. The lowest BCUT2D eigenvalue weighted by Crippen LogP contribution is -2.36. The molecule has 25 heavy (non-hydrogen) atoms. The zero-order chi connectivity index (χ0) is 18.6. The van der Waals surface area contributed by atoms with Crippen molar-refractivity contribution in [3.63, 3.8) is 0 Å². The average Bonchev–Trinajstić information content (AvgIpc) is 2.56. The van der Waals surface area contributed by atoms with Crippen LogP contribution in [0.2, 0.25) is 0 Å². The fourth-order valence-electron chi connectivity index (χ4n) is 2.10. The Bertz CT molecular complexity index is 811. The molecule has 0 fully saturated rings. The van der Waals surface area contributed by atoms with Crippen molar-refractivity contribution in [1.29, 1.82) is 0 Å². The van der Waals surface area contributed by atoms with E-state index in [4.69, 9.17) is 0 Å². The van der Waals surface area contributed by atoms with E-state index in [1.807, 2.05) is 0 Å². The molecule has 0 bridgehead atoms. The van der Waals surface area contributed by atoms with Gasteiger partial charge in [0.2, 0.25) is 11.8 Å². The van der Waals surface area contributed by atoms with E-state index in [-0.39, 0.29) is 12.1 Å². The molecule has 0 aliphatic heterocycles. The fraction of sp³-hybridized carbons (Fsp3) is 0.176. The number of amides is 2. The molecule has 132 valence electrons. The molecule has 0 heterocycles. The zero-order valence-electron chi connectivity index (χ0n) is 13.2. The Kier molecular flexibility index (Phi) is 5.74. The average molecular weight is 354 g/mol. The van der Waals surface area contributed by atoms with E-state index in [9.17, 15) is 27.2 Å². The van der Waals surface area contributed by atoms with Crippen LogP contribution in [-0.2, 0) is 16.1 Å². The summed E-state index contributed by atoms with van der Waals surface area (Å²) in [5, 5.41) is 2.06. The van der Waals surface area contributed by atoms with E-state index >= 15 is 0 Å². The standard InChI is InChI=1S/C17H14F4N2O2/c1-10(24)23(8-11-4-2-3-5-12(11)18)9-15(25)22-14-7-6-13(19)16(20)17(14)21/h2-7H,8-9H2,1H3,(H,22,25). The van der Waals surface area contributed by atoms with Crippen LogP contribution in [0.3, 0.4) is 0 Å². The number of anilines is 1. The number of halogens is 4. The van der Waals surface area contributed by atoms with Crippen molar-refractivity contribution < 1.29 is 27.2 Å². The Balaban J connectivity index is 2.10. The van der Waals surface area contributed by atoms with Crippen molar-refractivity contribution in [3.05, 3.63) is 65.2 Å². The molecule has 4 nitrogen and oxygen atoms in total. The lowest BCUT2D eigenvalue weighted by atomic mass is 10.2. The quantitative estimate of drug-likeness (QED) is 0.662. The summed E-state index contributed by atoms with van der Waals surface area (Å²) < 4.78 is 53.3. The topological polar surface area (TPSA) is 49.4 Å². The molecule has 0 aliphatic rings. The van der Waals surface area contributed by atoms with Crippen molar-refractivity contribution >= 4 is 17.5 Å². The summed E-state index contributed by atoms with van der Waals surface area (Å²) in [4.78, 5) is 24.7. The number of carbonyl (C=O) groups is 2. The van der Waals surface area contributed by atoms with E-state index in [1.54, 1.807) is 6.07 Å². The fourth-order valence-corrected chi connectivity index (χ4v) is 2.10. The van der Waals surface area contributed by atoms with Gasteiger partial charge >= 0.3 is 0 Å². The number of hydrogen-bond donors (Lipinski definition) is 1. The minimum Gasteiger partial charge on any atom is -0.329 e. The normalized spacial score (nSPS) is 10.4. The molecular formula is C17H14F4N2O2. The Morgan fingerprint density at radius 2 is 1.64 bits per heavy atom. The summed E-state index contributed by atoms with van der Waals surface area (Å²) in [7, 11) is 0. The van der Waals surface area contributed by atoms with Gasteiger partial charge in [0.1, 0.15) is 12.4 Å². The largest absolute Gasteiger partial charge is 0.329 e. The van der Waals surface area contributed by atoms with E-state index in [1.165, 1.54) is 25.1 Å². The van der Waals surface area contributed by atoms with Gasteiger partial charge in [0.05, 0.1) is 5.69 Å². The molecule has 0 radical (unpaired) electrons. The van der Waals surface area contributed by atoms with Gasteiger partial charge in [-0.3, -0.25) is 9.59 Å². The molecule has 0 spiro atoms. The number of rotatable bonds is 5. The van der Waals surface area contributed by atoms with Crippen molar-refractivity contribution in [1.82, 2.24) is 4.90 Å². The maximum atomic E-state index is 13.7. The molecule has 2 rings (SSSR count). The predicted octanol–water partition coefficient (Wildman–Crippen LogP) is 3.23. The molecular weight excluding hydrogens is 340 g/mol. The highest BCUT2D eigenvalue weighted by molar-refractivity contribution is 5.94. The number of nitrogens with one attached hydrogen (secondary N) is 1. The van der Waals surface area contributed by atoms with Crippen LogP contribution in [0.15, 0.2) is 36.4 Å². The minimum absolute atomic E-state index is 0.171. The number of nitrogens with zero attached hydrogens (tertiary/aromatic N) is 1. The Labute approximate surface area is 141 Å². The Morgan fingerprint density at radius 3 is 2.28 bits per heavy atom. The van der Waals surface area contributed by atoms with Gasteiger partial charge in [0, 0.05) is 19.0 Å². The van der Waals surface area contributed by atoms with Gasteiger partial charge in [-0.05, 0) is 18.2 Å². The summed E-state index contributed by atoms with van der Waals surface area (Å²) >= 11 is 0. The molecule has 2 amide bonds. The zero-order valence-corrected chi connectivity index (χ0v) is 13.2. The van der Waals surface area contributed by atoms with Crippen LogP contribution in [-0.4, -0.2) is 23.3 Å². The van der Waals surface area contributed by atoms with Crippen molar-refractivity contribution in [3.8, 4) is 0 Å². The highest BCUT2D eigenvalue weighted by Crippen LogP contribution is 2.19. The molecule has 1 N–H and O–H groups in total. The second-order valence-electron chi connectivity index (χ2n) is 5.24. The molecule has 2 aromatic rings. The molecule has 0 aliphatic carbocycles. The van der Waals surface area contributed by atoms with Gasteiger partial charge in [0.25, 0.3) is 0 Å². The van der Waals surface area contributed by atoms with Crippen molar-refractivity contribution in [2.24, 2.45) is 0 Å². The third-order valence-electron chi connectivity index (χ3n) is 3.41. The smallest absolute Gasteiger partial charge is 0.244 e. The number of benzene rings is 2. The summed E-state index contributed by atoms with van der Waals surface area (Å²) in [5.74, 6) is -6.54. The molecule has 8 heteroatoms. The number of carbonyl (C=O) groups excluding carboxylic acids is 2. The lowest BCUT2D eigenvalue weighted by molar-refractivity contribution is -0.133. The number of hydrogen-bond acceptors (Lipinski definition) is 2. The van der Waals surface area contributed by atoms with Crippen LogP contribution < -0.4 is 5.32 Å². The summed E-state index contributed by atoms with van der Waals surface area (Å²) in [5.41, 5.74) is -0.359. The first-order valence-corrected chi connectivity index (χ1v) is 7.22. The van der Waals surface area contributed by atoms with Crippen molar-refractivity contribution in [2.75, 3.05) is 11.9 Å². The van der Waals surface area contributed by atoms with Gasteiger partial charge in [-0.1, -0.05) is 18.2 Å². The van der Waals surface area contributed by atoms with Crippen molar-refractivity contribution in [2.45, 2.75) is 13.5 Å². The maximum absolute atomic E-state index is 13.7. The van der Waals surface area contributed by atoms with Crippen LogP contribution in [0.1, 0.15) is 12.5 Å². The predicted molar refractivity (Wildman–Crippen MR) is 82.4 cm³/mol. The SMILES string of the molecule is CC(=O)N(CC(=O)Nc1ccc(F)c(F)c1F)Cc1ccccc1F. The molecule has 0 atom stereocenters. The van der Waals surface area contributed by atoms with Gasteiger partial charge in [-0.2, -0.15) is 0 Å². The summed E-state index contributed by atoms with van der Waals surface area (Å²) in [6.07, 6.45) is 0. The van der Waals surface area contributed by atoms with E-state index in [0.29, 0.717) is 6.07 Å². The molecule has 0 saturated carbocycles. The highest BCUT2D eigenvalue weighted by atomic mass is 19.2. The van der Waals surface area contributed by atoms with Gasteiger partial charge in [-0.25, -0.2) is 17.6 Å². The van der Waals surface area contributed by atoms with Crippen LogP contribution in [0.4, 0.5) is 23.2 Å². The van der Waals surface area contributed by atoms with Crippen LogP contribution in [0.25, 0.3) is 0 Å². The van der Waals surface area contributed by atoms with Crippen LogP contribution >= 0.6 is 0 Å². The van der Waals surface area contributed by atoms with Crippen LogP contribution in [0, 0.1) is 23.3 Å². The Morgan fingerprint density at radius 1 is 0.960 bits per heavy atom. The maximum Gasteiger partial charge on any atom is 0.244 e. The molecule has 0 saturated heterocycles. The monoisotopic (exact) mass is 354 g/mol. The van der Waals surface area contributed by atoms with Crippen LogP contribution in [0.5, 0.6) is 0 Å². The first-order valence-electron chi connectivity index (χ1n) is 7.22. The van der Waals surface area contributed by atoms with Gasteiger partial charge < -0.3 is 10.2 Å². The Hall–Kier alpha value is -2.90. The summed E-state index contributed by atoms with van der Waals surface area (Å²) in [6, 6.07) is 7.25. The lowest BCUT2D eigenvalue weighted by Gasteiger charge is -2.21. The van der Waals surface area contributed by atoms with Gasteiger partial charge in [0.15, 0.2) is 17.5 Å². The minimum atomic E-state index is -1.72. The summed E-state index contributed by atoms with van der Waals surface area (Å²) in [6.45, 7) is 0.504.